The minimum absolute atomic E-state index is 0.914. The number of pyridine rings is 1. The lowest BCUT2D eigenvalue weighted by Gasteiger charge is -2.36. The second-order valence-electron chi connectivity index (χ2n) is 6.18. The van der Waals surface area contributed by atoms with Gasteiger partial charge in [0.2, 0.25) is 0 Å². The lowest BCUT2D eigenvalue weighted by molar-refractivity contribution is 0.250. The number of piperazine rings is 1. The molecule has 1 N–H and O–H groups in total. The maximum absolute atomic E-state index is 5.22. The standard InChI is InChI=1S/C19H22N4O/c1-24-16-4-2-15(3-5-16)14-22-10-12-23(13-11-22)18-7-9-21-19-17(18)6-8-20-19/h2-9H,10-14H2,1H3,(H,20,21). The molecule has 1 aliphatic heterocycles. The average molecular weight is 322 g/mol. The van der Waals surface area contributed by atoms with Crippen molar-refractivity contribution in [2.75, 3.05) is 38.2 Å². The molecule has 0 amide bonds. The largest absolute Gasteiger partial charge is 0.497 e. The molecule has 0 aliphatic carbocycles. The van der Waals surface area contributed by atoms with Crippen LogP contribution in [0.2, 0.25) is 0 Å². The Morgan fingerprint density at radius 2 is 1.83 bits per heavy atom. The summed E-state index contributed by atoms with van der Waals surface area (Å²) in [5, 5.41) is 1.21. The van der Waals surface area contributed by atoms with E-state index >= 15 is 0 Å². The molecular weight excluding hydrogens is 300 g/mol. The third-order valence-corrected chi connectivity index (χ3v) is 4.72. The minimum Gasteiger partial charge on any atom is -0.497 e. The van der Waals surface area contributed by atoms with Crippen molar-refractivity contribution in [1.82, 2.24) is 14.9 Å². The van der Waals surface area contributed by atoms with Crippen LogP contribution in [-0.4, -0.2) is 48.2 Å². The predicted molar refractivity (Wildman–Crippen MR) is 96.6 cm³/mol. The van der Waals surface area contributed by atoms with Gasteiger partial charge in [-0.3, -0.25) is 4.90 Å². The number of methoxy groups -OCH3 is 1. The van der Waals surface area contributed by atoms with Crippen LogP contribution in [0.25, 0.3) is 11.0 Å². The molecule has 0 atom stereocenters. The highest BCUT2D eigenvalue weighted by atomic mass is 16.5. The number of anilines is 1. The van der Waals surface area contributed by atoms with Gasteiger partial charge in [0.1, 0.15) is 11.4 Å². The van der Waals surface area contributed by atoms with E-state index in [2.05, 4.69) is 44.0 Å². The summed E-state index contributed by atoms with van der Waals surface area (Å²) in [7, 11) is 1.70. The number of hydrogen-bond donors (Lipinski definition) is 1. The van der Waals surface area contributed by atoms with Crippen molar-refractivity contribution >= 4 is 16.7 Å². The van der Waals surface area contributed by atoms with E-state index in [1.165, 1.54) is 16.6 Å². The van der Waals surface area contributed by atoms with Gasteiger partial charge in [-0.15, -0.1) is 0 Å². The first kappa shape index (κ1) is 15.0. The van der Waals surface area contributed by atoms with Crippen molar-refractivity contribution < 1.29 is 4.74 Å². The quantitative estimate of drug-likeness (QED) is 0.802. The lowest BCUT2D eigenvalue weighted by atomic mass is 10.1. The summed E-state index contributed by atoms with van der Waals surface area (Å²) in [5.41, 5.74) is 3.58. The topological polar surface area (TPSA) is 44.4 Å². The fourth-order valence-corrected chi connectivity index (χ4v) is 3.36. The first-order chi connectivity index (χ1) is 11.8. The zero-order chi connectivity index (χ0) is 16.4. The van der Waals surface area contributed by atoms with E-state index in [9.17, 15) is 0 Å². The van der Waals surface area contributed by atoms with E-state index in [1.807, 2.05) is 24.5 Å². The molecule has 5 nitrogen and oxygen atoms in total. The van der Waals surface area contributed by atoms with Crippen molar-refractivity contribution in [3.63, 3.8) is 0 Å². The summed E-state index contributed by atoms with van der Waals surface area (Å²) in [5.74, 6) is 0.914. The van der Waals surface area contributed by atoms with Gasteiger partial charge in [0.25, 0.3) is 0 Å². The number of nitrogens with zero attached hydrogens (tertiary/aromatic N) is 3. The van der Waals surface area contributed by atoms with Crippen LogP contribution >= 0.6 is 0 Å². The Labute approximate surface area is 141 Å². The summed E-state index contributed by atoms with van der Waals surface area (Å²) in [6, 6.07) is 12.6. The Kier molecular flexibility index (Phi) is 4.09. The van der Waals surface area contributed by atoms with Crippen LogP contribution in [0.1, 0.15) is 5.56 Å². The average Bonchev–Trinajstić information content (AvgIpc) is 3.12. The van der Waals surface area contributed by atoms with E-state index in [-0.39, 0.29) is 0 Å². The first-order valence-electron chi connectivity index (χ1n) is 8.36. The van der Waals surface area contributed by atoms with Crippen LogP contribution in [0, 0.1) is 0 Å². The summed E-state index contributed by atoms with van der Waals surface area (Å²) >= 11 is 0. The van der Waals surface area contributed by atoms with Gasteiger partial charge >= 0.3 is 0 Å². The fraction of sp³-hybridized carbons (Fsp3) is 0.316. The molecule has 1 aliphatic rings. The molecule has 4 rings (SSSR count). The van der Waals surface area contributed by atoms with E-state index < -0.39 is 0 Å². The third-order valence-electron chi connectivity index (χ3n) is 4.72. The Balaban J connectivity index is 1.40. The molecule has 1 fully saturated rings. The van der Waals surface area contributed by atoms with Crippen LogP contribution < -0.4 is 9.64 Å². The van der Waals surface area contributed by atoms with Crippen molar-refractivity contribution in [1.29, 1.82) is 0 Å². The van der Waals surface area contributed by atoms with Crippen molar-refractivity contribution in [2.24, 2.45) is 0 Å². The maximum atomic E-state index is 5.22. The molecule has 1 saturated heterocycles. The number of ether oxygens (including phenoxy) is 1. The maximum Gasteiger partial charge on any atom is 0.139 e. The van der Waals surface area contributed by atoms with Gasteiger partial charge in [0.05, 0.1) is 7.11 Å². The van der Waals surface area contributed by atoms with E-state index in [4.69, 9.17) is 4.74 Å². The van der Waals surface area contributed by atoms with Crippen molar-refractivity contribution in [2.45, 2.75) is 6.54 Å². The van der Waals surface area contributed by atoms with Crippen molar-refractivity contribution in [3.05, 3.63) is 54.4 Å². The van der Waals surface area contributed by atoms with E-state index in [0.29, 0.717) is 0 Å². The zero-order valence-corrected chi connectivity index (χ0v) is 13.9. The van der Waals surface area contributed by atoms with Crippen LogP contribution in [-0.2, 0) is 6.54 Å². The molecular formula is C19H22N4O. The number of hydrogen-bond acceptors (Lipinski definition) is 4. The molecule has 0 saturated carbocycles. The second-order valence-corrected chi connectivity index (χ2v) is 6.18. The summed E-state index contributed by atoms with van der Waals surface area (Å²) in [6.07, 6.45) is 3.85. The molecule has 5 heteroatoms. The highest BCUT2D eigenvalue weighted by Gasteiger charge is 2.19. The molecule has 24 heavy (non-hydrogen) atoms. The number of nitrogens with one attached hydrogen (secondary N) is 1. The minimum atomic E-state index is 0.914. The summed E-state index contributed by atoms with van der Waals surface area (Å²) < 4.78 is 5.22. The molecule has 1 aromatic carbocycles. The molecule has 124 valence electrons. The van der Waals surface area contributed by atoms with Gasteiger partial charge < -0.3 is 14.6 Å². The fourth-order valence-electron chi connectivity index (χ4n) is 3.36. The monoisotopic (exact) mass is 322 g/mol. The summed E-state index contributed by atoms with van der Waals surface area (Å²) in [6.45, 7) is 5.22. The van der Waals surface area contributed by atoms with E-state index in [1.54, 1.807) is 7.11 Å². The molecule has 0 unspecified atom stereocenters. The predicted octanol–water partition coefficient (Wildman–Crippen LogP) is 2.89. The number of aromatic amines is 1. The smallest absolute Gasteiger partial charge is 0.139 e. The first-order valence-corrected chi connectivity index (χ1v) is 8.36. The van der Waals surface area contributed by atoms with Gasteiger partial charge in [0.15, 0.2) is 0 Å². The number of benzene rings is 1. The SMILES string of the molecule is COc1ccc(CN2CCN(c3ccnc4[nH]ccc34)CC2)cc1. The molecule has 0 radical (unpaired) electrons. The normalized spacial score (nSPS) is 15.8. The summed E-state index contributed by atoms with van der Waals surface area (Å²) in [4.78, 5) is 12.5. The molecule has 3 aromatic rings. The second kappa shape index (κ2) is 6.53. The van der Waals surface area contributed by atoms with Gasteiger partial charge in [-0.1, -0.05) is 12.1 Å². The Hall–Kier alpha value is -2.53. The van der Waals surface area contributed by atoms with Crippen LogP contribution in [0.4, 0.5) is 5.69 Å². The number of fused-ring (bicyclic) bond motifs is 1. The van der Waals surface area contributed by atoms with Gasteiger partial charge in [0, 0.05) is 56.2 Å². The number of aromatic nitrogens is 2. The Morgan fingerprint density at radius 1 is 1.04 bits per heavy atom. The molecule has 2 aromatic heterocycles. The lowest BCUT2D eigenvalue weighted by Crippen LogP contribution is -2.46. The van der Waals surface area contributed by atoms with Crippen LogP contribution in [0.15, 0.2) is 48.8 Å². The van der Waals surface area contributed by atoms with E-state index in [0.717, 1.165) is 44.1 Å². The number of rotatable bonds is 4. The van der Waals surface area contributed by atoms with Gasteiger partial charge in [-0.05, 0) is 29.8 Å². The third kappa shape index (κ3) is 2.95. The zero-order valence-electron chi connectivity index (χ0n) is 13.9. The molecule has 0 spiro atoms. The van der Waals surface area contributed by atoms with Crippen molar-refractivity contribution in [3.8, 4) is 5.75 Å². The van der Waals surface area contributed by atoms with Gasteiger partial charge in [-0.25, -0.2) is 4.98 Å². The molecule has 0 bridgehead atoms. The number of H-pyrrole nitrogens is 1. The highest BCUT2D eigenvalue weighted by molar-refractivity contribution is 5.89. The van der Waals surface area contributed by atoms with Crippen LogP contribution in [0.3, 0.4) is 0 Å². The highest BCUT2D eigenvalue weighted by Crippen LogP contribution is 2.25. The Bertz CT molecular complexity index is 804. The van der Waals surface area contributed by atoms with Crippen LogP contribution in [0.5, 0.6) is 5.75 Å². The molecule has 3 heterocycles. The Morgan fingerprint density at radius 3 is 2.58 bits per heavy atom. The van der Waals surface area contributed by atoms with Gasteiger partial charge in [-0.2, -0.15) is 0 Å².